The van der Waals surface area contributed by atoms with Gasteiger partial charge < -0.3 is 15.2 Å². The number of aromatic nitrogens is 3. The minimum atomic E-state index is -0.327. The predicted molar refractivity (Wildman–Crippen MR) is 78.8 cm³/mol. The Labute approximate surface area is 119 Å². The standard InChI is InChI=1S/C14H14N4O3/c1-20-11-4-3-8(5-12(11)21-2)10-6-13-16-7-9(15)14(19)18(13)17-10/h3-7,17H,15H2,1-2H3. The Morgan fingerprint density at radius 2 is 1.95 bits per heavy atom. The maximum absolute atomic E-state index is 11.9. The van der Waals surface area contributed by atoms with E-state index in [9.17, 15) is 4.79 Å². The lowest BCUT2D eigenvalue weighted by atomic mass is 10.1. The summed E-state index contributed by atoms with van der Waals surface area (Å²) < 4.78 is 11.8. The molecule has 0 atom stereocenters. The van der Waals surface area contributed by atoms with Crippen molar-refractivity contribution < 1.29 is 9.47 Å². The summed E-state index contributed by atoms with van der Waals surface area (Å²) in [6.45, 7) is 0. The summed E-state index contributed by atoms with van der Waals surface area (Å²) in [6.07, 6.45) is 1.35. The Morgan fingerprint density at radius 1 is 1.19 bits per heavy atom. The quantitative estimate of drug-likeness (QED) is 0.756. The first-order chi connectivity index (χ1) is 10.1. The van der Waals surface area contributed by atoms with Crippen molar-refractivity contribution in [1.29, 1.82) is 0 Å². The van der Waals surface area contributed by atoms with Crippen LogP contribution in [0.25, 0.3) is 16.9 Å². The Kier molecular flexibility index (Phi) is 3.02. The molecule has 3 N–H and O–H groups in total. The van der Waals surface area contributed by atoms with E-state index < -0.39 is 0 Å². The summed E-state index contributed by atoms with van der Waals surface area (Å²) in [7, 11) is 3.15. The van der Waals surface area contributed by atoms with Crippen LogP contribution in [0.3, 0.4) is 0 Å². The Bertz CT molecular complexity index is 866. The van der Waals surface area contributed by atoms with Crippen LogP contribution in [-0.4, -0.2) is 28.8 Å². The SMILES string of the molecule is COc1ccc(-c2cc3ncc(N)c(=O)n3[nH]2)cc1OC. The number of fused-ring (bicyclic) bond motifs is 1. The van der Waals surface area contributed by atoms with Gasteiger partial charge in [0.05, 0.1) is 26.1 Å². The first kappa shape index (κ1) is 13.0. The van der Waals surface area contributed by atoms with Crippen molar-refractivity contribution in [2.45, 2.75) is 0 Å². The van der Waals surface area contributed by atoms with Crippen molar-refractivity contribution in [3.63, 3.8) is 0 Å². The number of H-pyrrole nitrogens is 1. The van der Waals surface area contributed by atoms with E-state index in [0.29, 0.717) is 17.1 Å². The number of nitrogens with two attached hydrogens (primary N) is 1. The van der Waals surface area contributed by atoms with E-state index in [2.05, 4.69) is 10.1 Å². The fourth-order valence-electron chi connectivity index (χ4n) is 2.13. The zero-order valence-electron chi connectivity index (χ0n) is 11.6. The van der Waals surface area contributed by atoms with Crippen LogP contribution in [0.2, 0.25) is 0 Å². The van der Waals surface area contributed by atoms with Gasteiger partial charge in [0, 0.05) is 11.6 Å². The summed E-state index contributed by atoms with van der Waals surface area (Å²) in [5, 5.41) is 2.98. The Balaban J connectivity index is 2.16. The molecule has 2 aromatic heterocycles. The summed E-state index contributed by atoms with van der Waals surface area (Å²) in [5.74, 6) is 1.24. The number of rotatable bonds is 3. The molecular formula is C14H14N4O3. The van der Waals surface area contributed by atoms with Crippen molar-refractivity contribution in [2.24, 2.45) is 0 Å². The molecule has 0 aliphatic carbocycles. The first-order valence-electron chi connectivity index (χ1n) is 6.22. The maximum Gasteiger partial charge on any atom is 0.295 e. The second-order valence-electron chi connectivity index (χ2n) is 4.45. The molecule has 0 saturated carbocycles. The fourth-order valence-corrected chi connectivity index (χ4v) is 2.13. The normalized spacial score (nSPS) is 10.8. The van der Waals surface area contributed by atoms with E-state index >= 15 is 0 Å². The fraction of sp³-hybridized carbons (Fsp3) is 0.143. The molecule has 3 rings (SSSR count). The lowest BCUT2D eigenvalue weighted by molar-refractivity contribution is 0.355. The van der Waals surface area contributed by atoms with Gasteiger partial charge in [0.15, 0.2) is 17.1 Å². The molecule has 0 amide bonds. The largest absolute Gasteiger partial charge is 0.493 e. The topological polar surface area (TPSA) is 94.6 Å². The third-order valence-electron chi connectivity index (χ3n) is 3.22. The number of aromatic amines is 1. The number of methoxy groups -OCH3 is 2. The van der Waals surface area contributed by atoms with Crippen LogP contribution >= 0.6 is 0 Å². The Morgan fingerprint density at radius 3 is 2.67 bits per heavy atom. The first-order valence-corrected chi connectivity index (χ1v) is 6.22. The average Bonchev–Trinajstić information content (AvgIpc) is 2.95. The van der Waals surface area contributed by atoms with Crippen molar-refractivity contribution in [3.8, 4) is 22.8 Å². The van der Waals surface area contributed by atoms with Crippen molar-refractivity contribution in [1.82, 2.24) is 14.6 Å². The molecule has 7 heteroatoms. The van der Waals surface area contributed by atoms with E-state index in [1.807, 2.05) is 12.1 Å². The summed E-state index contributed by atoms with van der Waals surface area (Å²) in [6, 6.07) is 7.24. The Hall–Kier alpha value is -2.96. The van der Waals surface area contributed by atoms with Crippen molar-refractivity contribution in [3.05, 3.63) is 40.8 Å². The highest BCUT2D eigenvalue weighted by molar-refractivity contribution is 5.67. The number of anilines is 1. The molecule has 1 aromatic carbocycles. The number of benzene rings is 1. The molecule has 0 bridgehead atoms. The highest BCUT2D eigenvalue weighted by Crippen LogP contribution is 2.31. The number of nitrogens with one attached hydrogen (secondary N) is 1. The molecule has 0 spiro atoms. The summed E-state index contributed by atoms with van der Waals surface area (Å²) in [4.78, 5) is 16.0. The maximum atomic E-state index is 11.9. The van der Waals surface area contributed by atoms with Crippen LogP contribution in [0, 0.1) is 0 Å². The molecule has 21 heavy (non-hydrogen) atoms. The van der Waals surface area contributed by atoms with Crippen LogP contribution in [0.15, 0.2) is 35.3 Å². The van der Waals surface area contributed by atoms with Gasteiger partial charge >= 0.3 is 0 Å². The number of nitrogen functional groups attached to an aromatic ring is 1. The summed E-state index contributed by atoms with van der Waals surface area (Å²) in [5.41, 5.74) is 7.40. The third kappa shape index (κ3) is 2.08. The molecule has 0 fully saturated rings. The van der Waals surface area contributed by atoms with Crippen molar-refractivity contribution in [2.75, 3.05) is 20.0 Å². The molecule has 108 valence electrons. The molecule has 0 aliphatic heterocycles. The van der Waals surface area contributed by atoms with Gasteiger partial charge in [0.1, 0.15) is 5.69 Å². The monoisotopic (exact) mass is 286 g/mol. The predicted octanol–water partition coefficient (Wildman–Crippen LogP) is 1.29. The van der Waals surface area contributed by atoms with E-state index in [-0.39, 0.29) is 11.2 Å². The van der Waals surface area contributed by atoms with Gasteiger partial charge in [0.2, 0.25) is 0 Å². The molecular weight excluding hydrogens is 272 g/mol. The van der Waals surface area contributed by atoms with Crippen molar-refractivity contribution >= 4 is 11.3 Å². The molecule has 0 aliphatic rings. The van der Waals surface area contributed by atoms with E-state index in [4.69, 9.17) is 15.2 Å². The van der Waals surface area contributed by atoms with Crippen LogP contribution in [0.1, 0.15) is 0 Å². The summed E-state index contributed by atoms with van der Waals surface area (Å²) >= 11 is 0. The zero-order valence-corrected chi connectivity index (χ0v) is 11.6. The van der Waals surface area contributed by atoms with E-state index in [1.54, 1.807) is 26.4 Å². The zero-order chi connectivity index (χ0) is 15.0. The van der Waals surface area contributed by atoms with Gasteiger partial charge in [-0.25, -0.2) is 4.98 Å². The highest BCUT2D eigenvalue weighted by Gasteiger charge is 2.10. The lowest BCUT2D eigenvalue weighted by Gasteiger charge is -2.08. The molecule has 0 saturated heterocycles. The van der Waals surface area contributed by atoms with Crippen LogP contribution in [0.4, 0.5) is 5.69 Å². The van der Waals surface area contributed by atoms with Crippen LogP contribution in [-0.2, 0) is 0 Å². The second kappa shape index (κ2) is 4.86. The number of hydrogen-bond acceptors (Lipinski definition) is 5. The van der Waals surface area contributed by atoms with Gasteiger partial charge in [-0.2, -0.15) is 4.52 Å². The molecule has 0 radical (unpaired) electrons. The molecule has 7 nitrogen and oxygen atoms in total. The minimum absolute atomic E-state index is 0.0909. The van der Waals surface area contributed by atoms with Crippen LogP contribution in [0.5, 0.6) is 11.5 Å². The highest BCUT2D eigenvalue weighted by atomic mass is 16.5. The van der Waals surface area contributed by atoms with Gasteiger partial charge in [-0.3, -0.25) is 9.89 Å². The van der Waals surface area contributed by atoms with Gasteiger partial charge in [-0.1, -0.05) is 0 Å². The molecule has 3 aromatic rings. The molecule has 2 heterocycles. The number of ether oxygens (including phenoxy) is 2. The lowest BCUT2D eigenvalue weighted by Crippen LogP contribution is -2.18. The number of nitrogens with zero attached hydrogens (tertiary/aromatic N) is 2. The van der Waals surface area contributed by atoms with Gasteiger partial charge in [-0.05, 0) is 18.2 Å². The number of hydrogen-bond donors (Lipinski definition) is 2. The van der Waals surface area contributed by atoms with E-state index in [1.165, 1.54) is 10.7 Å². The minimum Gasteiger partial charge on any atom is -0.493 e. The van der Waals surface area contributed by atoms with E-state index in [0.717, 1.165) is 11.3 Å². The van der Waals surface area contributed by atoms with Gasteiger partial charge in [0.25, 0.3) is 5.56 Å². The smallest absolute Gasteiger partial charge is 0.295 e. The third-order valence-corrected chi connectivity index (χ3v) is 3.22. The average molecular weight is 286 g/mol. The second-order valence-corrected chi connectivity index (χ2v) is 4.45. The van der Waals surface area contributed by atoms with Crippen LogP contribution < -0.4 is 20.8 Å². The van der Waals surface area contributed by atoms with Gasteiger partial charge in [-0.15, -0.1) is 0 Å². The molecule has 0 unspecified atom stereocenters.